The monoisotopic (exact) mass is 435 g/mol. The molecule has 4 aromatic rings. The summed E-state index contributed by atoms with van der Waals surface area (Å²) in [7, 11) is 0. The van der Waals surface area contributed by atoms with Crippen LogP contribution in [0.1, 0.15) is 34.9 Å². The Morgan fingerprint density at radius 2 is 1.64 bits per heavy atom. The Hall–Kier alpha value is -4.06. The van der Waals surface area contributed by atoms with E-state index in [1.54, 1.807) is 12.4 Å². The molecule has 1 N–H and O–H groups in total. The van der Waals surface area contributed by atoms with Crippen molar-refractivity contribution in [2.24, 2.45) is 0 Å². The second-order valence-corrected chi connectivity index (χ2v) is 8.18. The van der Waals surface area contributed by atoms with Crippen LogP contribution in [0.4, 0.5) is 11.5 Å². The number of hydrogen-bond donors (Lipinski definition) is 1. The van der Waals surface area contributed by atoms with Gasteiger partial charge in [0.1, 0.15) is 11.6 Å². The molecule has 2 aromatic carbocycles. The van der Waals surface area contributed by atoms with Gasteiger partial charge in [0, 0.05) is 54.3 Å². The first-order chi connectivity index (χ1) is 16.3. The van der Waals surface area contributed by atoms with Gasteiger partial charge in [-0.2, -0.15) is 0 Å². The zero-order valence-corrected chi connectivity index (χ0v) is 18.3. The summed E-state index contributed by atoms with van der Waals surface area (Å²) >= 11 is 0. The van der Waals surface area contributed by atoms with Crippen LogP contribution in [0.15, 0.2) is 91.3 Å². The summed E-state index contributed by atoms with van der Waals surface area (Å²) < 4.78 is 0. The van der Waals surface area contributed by atoms with Gasteiger partial charge in [-0.25, -0.2) is 9.97 Å². The van der Waals surface area contributed by atoms with Crippen molar-refractivity contribution >= 4 is 17.4 Å². The number of rotatable bonds is 5. The van der Waals surface area contributed by atoms with Crippen LogP contribution < -0.4 is 5.32 Å². The van der Waals surface area contributed by atoms with Crippen LogP contribution in [0.5, 0.6) is 0 Å². The summed E-state index contributed by atoms with van der Waals surface area (Å²) in [6.07, 6.45) is 5.40. The fourth-order valence-corrected chi connectivity index (χ4v) is 4.19. The predicted octanol–water partition coefficient (Wildman–Crippen LogP) is 5.30. The van der Waals surface area contributed by atoms with Crippen LogP contribution in [0.2, 0.25) is 0 Å². The van der Waals surface area contributed by atoms with E-state index in [9.17, 15) is 4.79 Å². The minimum Gasteiger partial charge on any atom is -0.340 e. The number of carbonyl (C=O) groups is 1. The number of anilines is 2. The number of likely N-dealkylation sites (tertiary alicyclic amines) is 1. The molecule has 1 aliphatic rings. The number of carbonyl (C=O) groups excluding carboxylic acids is 1. The van der Waals surface area contributed by atoms with Crippen molar-refractivity contribution in [2.45, 2.75) is 18.8 Å². The van der Waals surface area contributed by atoms with Crippen molar-refractivity contribution in [3.05, 3.63) is 103 Å². The summed E-state index contributed by atoms with van der Waals surface area (Å²) in [6.45, 7) is 1.36. The maximum atomic E-state index is 13.0. The molecular weight excluding hydrogens is 410 g/mol. The molecule has 33 heavy (non-hydrogen) atoms. The van der Waals surface area contributed by atoms with Gasteiger partial charge in [-0.3, -0.25) is 9.78 Å². The van der Waals surface area contributed by atoms with Crippen molar-refractivity contribution in [3.8, 4) is 11.3 Å². The molecule has 3 heterocycles. The maximum absolute atomic E-state index is 13.0. The zero-order valence-electron chi connectivity index (χ0n) is 18.3. The molecule has 2 aromatic heterocycles. The number of nitrogens with one attached hydrogen (secondary N) is 1. The number of hydrogen-bond acceptors (Lipinski definition) is 5. The highest BCUT2D eigenvalue weighted by atomic mass is 16.2. The number of aromatic nitrogens is 3. The van der Waals surface area contributed by atoms with Crippen molar-refractivity contribution in [3.63, 3.8) is 0 Å². The van der Waals surface area contributed by atoms with E-state index in [4.69, 9.17) is 9.97 Å². The highest BCUT2D eigenvalue weighted by molar-refractivity contribution is 5.94. The number of benzene rings is 2. The molecule has 0 spiro atoms. The number of pyridine rings is 1. The van der Waals surface area contributed by atoms with Crippen LogP contribution in [0.25, 0.3) is 11.3 Å². The molecule has 1 aliphatic heterocycles. The summed E-state index contributed by atoms with van der Waals surface area (Å²) in [5, 5.41) is 3.41. The fraction of sp³-hybridized carbons (Fsp3) is 0.185. The van der Waals surface area contributed by atoms with E-state index in [0.717, 1.165) is 53.5 Å². The van der Waals surface area contributed by atoms with Crippen LogP contribution in [-0.4, -0.2) is 38.8 Å². The van der Waals surface area contributed by atoms with Gasteiger partial charge in [-0.1, -0.05) is 36.4 Å². The van der Waals surface area contributed by atoms with Gasteiger partial charge in [0.2, 0.25) is 0 Å². The van der Waals surface area contributed by atoms with E-state index in [1.165, 1.54) is 0 Å². The standard InChI is InChI=1S/C27H25N5O/c33-27(21-8-3-1-4-9-21)32-17-7-10-22(19-32)26-30-24(20-13-15-28-16-14-20)18-25(31-26)29-23-11-5-2-6-12-23/h1-6,8-9,11-16,18,22H,7,10,17,19H2,(H,29,30,31)/t22-/m0/s1. The largest absolute Gasteiger partial charge is 0.340 e. The number of para-hydroxylation sites is 1. The molecule has 6 nitrogen and oxygen atoms in total. The summed E-state index contributed by atoms with van der Waals surface area (Å²) in [5.41, 5.74) is 3.51. The smallest absolute Gasteiger partial charge is 0.253 e. The minimum atomic E-state index is 0.0632. The van der Waals surface area contributed by atoms with Gasteiger partial charge in [-0.15, -0.1) is 0 Å². The normalized spacial score (nSPS) is 15.8. The topological polar surface area (TPSA) is 71.0 Å². The Kier molecular flexibility index (Phi) is 6.06. The first kappa shape index (κ1) is 20.8. The summed E-state index contributed by atoms with van der Waals surface area (Å²) in [4.78, 5) is 28.9. The number of piperidine rings is 1. The van der Waals surface area contributed by atoms with Gasteiger partial charge < -0.3 is 10.2 Å². The average molecular weight is 436 g/mol. The quantitative estimate of drug-likeness (QED) is 0.460. The van der Waals surface area contributed by atoms with Gasteiger partial charge in [0.25, 0.3) is 5.91 Å². The molecule has 1 saturated heterocycles. The van der Waals surface area contributed by atoms with Gasteiger partial charge in [0.05, 0.1) is 5.69 Å². The molecule has 1 fully saturated rings. The van der Waals surface area contributed by atoms with Crippen molar-refractivity contribution < 1.29 is 4.79 Å². The highest BCUT2D eigenvalue weighted by Crippen LogP contribution is 2.29. The van der Waals surface area contributed by atoms with Gasteiger partial charge in [0.15, 0.2) is 0 Å². The predicted molar refractivity (Wildman–Crippen MR) is 129 cm³/mol. The van der Waals surface area contributed by atoms with Crippen LogP contribution >= 0.6 is 0 Å². The third-order valence-corrected chi connectivity index (χ3v) is 5.86. The summed E-state index contributed by atoms with van der Waals surface area (Å²) in [6, 6.07) is 25.3. The third-order valence-electron chi connectivity index (χ3n) is 5.86. The lowest BCUT2D eigenvalue weighted by molar-refractivity contribution is 0.0704. The molecule has 5 rings (SSSR count). The van der Waals surface area contributed by atoms with Crippen LogP contribution in [0, 0.1) is 0 Å². The first-order valence-electron chi connectivity index (χ1n) is 11.2. The third kappa shape index (κ3) is 4.90. The van der Waals surface area contributed by atoms with Crippen LogP contribution in [-0.2, 0) is 0 Å². The molecule has 0 aliphatic carbocycles. The number of amides is 1. The van der Waals surface area contributed by atoms with Crippen molar-refractivity contribution in [2.75, 3.05) is 18.4 Å². The zero-order chi connectivity index (χ0) is 22.5. The van der Waals surface area contributed by atoms with E-state index in [2.05, 4.69) is 10.3 Å². The minimum absolute atomic E-state index is 0.0632. The fourth-order valence-electron chi connectivity index (χ4n) is 4.19. The van der Waals surface area contributed by atoms with E-state index in [1.807, 2.05) is 83.8 Å². The molecule has 1 amide bonds. The van der Waals surface area contributed by atoms with E-state index >= 15 is 0 Å². The molecule has 0 radical (unpaired) electrons. The molecule has 6 heteroatoms. The molecule has 164 valence electrons. The van der Waals surface area contributed by atoms with E-state index in [-0.39, 0.29) is 11.8 Å². The Balaban J connectivity index is 1.46. The second-order valence-electron chi connectivity index (χ2n) is 8.18. The molecule has 1 atom stereocenters. The lowest BCUT2D eigenvalue weighted by atomic mass is 9.96. The van der Waals surface area contributed by atoms with Crippen molar-refractivity contribution in [1.29, 1.82) is 0 Å². The first-order valence-corrected chi connectivity index (χ1v) is 11.2. The Bertz CT molecular complexity index is 1220. The lowest BCUT2D eigenvalue weighted by Gasteiger charge is -2.32. The van der Waals surface area contributed by atoms with E-state index < -0.39 is 0 Å². The Morgan fingerprint density at radius 1 is 0.909 bits per heavy atom. The Morgan fingerprint density at radius 3 is 2.39 bits per heavy atom. The maximum Gasteiger partial charge on any atom is 0.253 e. The molecule has 0 bridgehead atoms. The highest BCUT2D eigenvalue weighted by Gasteiger charge is 2.28. The molecule has 0 unspecified atom stereocenters. The van der Waals surface area contributed by atoms with Gasteiger partial charge >= 0.3 is 0 Å². The van der Waals surface area contributed by atoms with E-state index in [0.29, 0.717) is 6.54 Å². The average Bonchev–Trinajstić information content (AvgIpc) is 2.90. The Labute approximate surface area is 193 Å². The lowest BCUT2D eigenvalue weighted by Crippen LogP contribution is -2.39. The van der Waals surface area contributed by atoms with Crippen molar-refractivity contribution in [1.82, 2.24) is 19.9 Å². The molecule has 0 saturated carbocycles. The SMILES string of the molecule is O=C(c1ccccc1)N1CCC[C@H](c2nc(Nc3ccccc3)cc(-c3ccncc3)n2)C1. The number of nitrogens with zero attached hydrogens (tertiary/aromatic N) is 4. The van der Waals surface area contributed by atoms with Crippen LogP contribution in [0.3, 0.4) is 0 Å². The van der Waals surface area contributed by atoms with Gasteiger partial charge in [-0.05, 0) is 49.2 Å². The second kappa shape index (κ2) is 9.61. The molecular formula is C27H25N5O. The summed E-state index contributed by atoms with van der Waals surface area (Å²) in [5.74, 6) is 1.63.